The molecule has 0 saturated heterocycles. The second-order valence-electron chi connectivity index (χ2n) is 5.10. The molecule has 0 amide bonds. The summed E-state index contributed by atoms with van der Waals surface area (Å²) in [7, 11) is 0. The maximum absolute atomic E-state index is 12.7. The first-order valence-corrected chi connectivity index (χ1v) is 7.16. The Morgan fingerprint density at radius 1 is 1.33 bits per heavy atom. The zero-order valence-corrected chi connectivity index (χ0v) is 13.2. The normalized spacial score (nSPS) is 12.0. The van der Waals surface area contributed by atoms with Gasteiger partial charge in [-0.2, -0.15) is 14.1 Å². The van der Waals surface area contributed by atoms with E-state index in [1.807, 2.05) is 0 Å². The number of aromatic amines is 1. The van der Waals surface area contributed by atoms with Crippen LogP contribution >= 0.6 is 0 Å². The van der Waals surface area contributed by atoms with Gasteiger partial charge in [-0.15, -0.1) is 10.2 Å². The van der Waals surface area contributed by atoms with Gasteiger partial charge in [0.25, 0.3) is 5.56 Å². The van der Waals surface area contributed by atoms with Crippen LogP contribution < -0.4 is 11.2 Å². The van der Waals surface area contributed by atoms with Crippen molar-refractivity contribution in [3.63, 3.8) is 0 Å². The Kier molecular flexibility index (Phi) is 3.72. The van der Waals surface area contributed by atoms with E-state index in [9.17, 15) is 14.4 Å². The van der Waals surface area contributed by atoms with Crippen molar-refractivity contribution in [1.29, 1.82) is 0 Å². The van der Waals surface area contributed by atoms with Gasteiger partial charge in [0, 0.05) is 5.57 Å². The standard InChI is InChI=1S/C14H14N6O4/c1-4-24-13(22)8(3)5-9-12(21)19-10(16-15-9)6-7(2)11-17-18-14(23)20(11)19/h5-6H,4H2,1-3H3,(H,18,23)/b8-5+. The summed E-state index contributed by atoms with van der Waals surface area (Å²) in [6.45, 7) is 5.14. The monoisotopic (exact) mass is 330 g/mol. The highest BCUT2D eigenvalue weighted by molar-refractivity contribution is 5.92. The Balaban J connectivity index is 2.31. The molecule has 0 bridgehead atoms. The molecule has 10 nitrogen and oxygen atoms in total. The van der Waals surface area contributed by atoms with Crippen molar-refractivity contribution >= 4 is 23.3 Å². The lowest BCUT2D eigenvalue weighted by molar-refractivity contribution is -0.138. The summed E-state index contributed by atoms with van der Waals surface area (Å²) in [5.74, 6) is -0.557. The van der Waals surface area contributed by atoms with E-state index < -0.39 is 17.2 Å². The fourth-order valence-electron chi connectivity index (χ4n) is 2.28. The fourth-order valence-corrected chi connectivity index (χ4v) is 2.28. The number of aryl methyl sites for hydroxylation is 1. The maximum atomic E-state index is 12.7. The van der Waals surface area contributed by atoms with Crippen molar-refractivity contribution in [3.8, 4) is 0 Å². The lowest BCUT2D eigenvalue weighted by Gasteiger charge is -2.05. The van der Waals surface area contributed by atoms with E-state index in [1.54, 1.807) is 19.9 Å². The van der Waals surface area contributed by atoms with Crippen LogP contribution in [-0.4, -0.2) is 42.0 Å². The molecule has 1 N–H and O–H groups in total. The molecular formula is C14H14N6O4. The lowest BCUT2D eigenvalue weighted by Crippen LogP contribution is -2.29. The predicted molar refractivity (Wildman–Crippen MR) is 83.6 cm³/mol. The van der Waals surface area contributed by atoms with Crippen LogP contribution in [0.25, 0.3) is 17.4 Å². The number of aromatic nitrogens is 6. The molecule has 0 radical (unpaired) electrons. The topological polar surface area (TPSA) is 124 Å². The van der Waals surface area contributed by atoms with E-state index in [2.05, 4.69) is 20.4 Å². The van der Waals surface area contributed by atoms with E-state index in [4.69, 9.17) is 4.74 Å². The fraction of sp³-hybridized carbons (Fsp3) is 0.286. The summed E-state index contributed by atoms with van der Waals surface area (Å²) in [5, 5.41) is 14.0. The van der Waals surface area contributed by atoms with Crippen LogP contribution in [0.1, 0.15) is 25.1 Å². The number of fused-ring (bicyclic) bond motifs is 3. The molecule has 124 valence electrons. The van der Waals surface area contributed by atoms with Crippen molar-refractivity contribution in [2.45, 2.75) is 20.8 Å². The van der Waals surface area contributed by atoms with Gasteiger partial charge in [0.05, 0.1) is 6.61 Å². The SMILES string of the molecule is CCOC(=O)/C(C)=C/c1nnc2cc(C)c3n[nH]c(=O)n3n2c1=O. The molecule has 10 heteroatoms. The van der Waals surface area contributed by atoms with Crippen LogP contribution in [0.5, 0.6) is 0 Å². The summed E-state index contributed by atoms with van der Waals surface area (Å²) in [6.07, 6.45) is 1.27. The van der Waals surface area contributed by atoms with Gasteiger partial charge in [-0.3, -0.25) is 4.79 Å². The first kappa shape index (κ1) is 15.6. The average Bonchev–Trinajstić information content (AvgIpc) is 2.93. The minimum absolute atomic E-state index is 0.0868. The van der Waals surface area contributed by atoms with Gasteiger partial charge in [0.1, 0.15) is 0 Å². The Bertz CT molecular complexity index is 1100. The summed E-state index contributed by atoms with van der Waals surface area (Å²) < 4.78 is 7.00. The number of carbonyl (C=O) groups is 1. The third-order valence-electron chi connectivity index (χ3n) is 3.39. The number of nitrogens with one attached hydrogen (secondary N) is 1. The minimum atomic E-state index is -0.600. The number of nitrogens with zero attached hydrogens (tertiary/aromatic N) is 5. The van der Waals surface area contributed by atoms with Gasteiger partial charge >= 0.3 is 11.7 Å². The van der Waals surface area contributed by atoms with E-state index in [-0.39, 0.29) is 23.5 Å². The van der Waals surface area contributed by atoms with Crippen molar-refractivity contribution in [2.75, 3.05) is 6.61 Å². The van der Waals surface area contributed by atoms with Crippen LogP contribution in [0, 0.1) is 6.92 Å². The first-order chi connectivity index (χ1) is 11.4. The molecule has 0 spiro atoms. The van der Waals surface area contributed by atoms with Gasteiger partial charge in [-0.05, 0) is 38.5 Å². The highest BCUT2D eigenvalue weighted by Crippen LogP contribution is 2.08. The second-order valence-corrected chi connectivity index (χ2v) is 5.10. The lowest BCUT2D eigenvalue weighted by atomic mass is 10.2. The number of H-pyrrole nitrogens is 1. The van der Waals surface area contributed by atoms with Crippen molar-refractivity contribution < 1.29 is 9.53 Å². The van der Waals surface area contributed by atoms with Gasteiger partial charge < -0.3 is 4.74 Å². The smallest absolute Gasteiger partial charge is 0.363 e. The molecule has 3 rings (SSSR count). The number of carbonyl (C=O) groups excluding carboxylic acids is 1. The van der Waals surface area contributed by atoms with Crippen molar-refractivity contribution in [2.24, 2.45) is 0 Å². The number of esters is 1. The number of hydrogen-bond donors (Lipinski definition) is 1. The molecule has 3 aromatic heterocycles. The Labute approximate surface area is 134 Å². The van der Waals surface area contributed by atoms with Gasteiger partial charge in [0.2, 0.25) is 0 Å². The zero-order valence-electron chi connectivity index (χ0n) is 13.2. The molecule has 24 heavy (non-hydrogen) atoms. The quantitative estimate of drug-likeness (QED) is 0.516. The molecule has 3 aromatic rings. The predicted octanol–water partition coefficient (Wildman–Crippen LogP) is -0.300. The minimum Gasteiger partial charge on any atom is -0.463 e. The highest BCUT2D eigenvalue weighted by atomic mass is 16.5. The Hall–Kier alpha value is -3.30. The molecular weight excluding hydrogens is 316 g/mol. The van der Waals surface area contributed by atoms with Crippen LogP contribution in [-0.2, 0) is 9.53 Å². The van der Waals surface area contributed by atoms with Gasteiger partial charge in [-0.25, -0.2) is 14.7 Å². The number of hydrogen-bond acceptors (Lipinski definition) is 7. The third-order valence-corrected chi connectivity index (χ3v) is 3.39. The molecule has 3 heterocycles. The van der Waals surface area contributed by atoms with E-state index in [1.165, 1.54) is 13.0 Å². The van der Waals surface area contributed by atoms with E-state index >= 15 is 0 Å². The molecule has 0 aliphatic carbocycles. The summed E-state index contributed by atoms with van der Waals surface area (Å²) in [4.78, 5) is 36.3. The molecule has 0 aliphatic heterocycles. The average molecular weight is 330 g/mol. The first-order valence-electron chi connectivity index (χ1n) is 7.16. The van der Waals surface area contributed by atoms with Crippen LogP contribution in [0.2, 0.25) is 0 Å². The number of rotatable bonds is 3. The molecule has 0 unspecified atom stereocenters. The summed E-state index contributed by atoms with van der Waals surface area (Å²) >= 11 is 0. The van der Waals surface area contributed by atoms with Crippen LogP contribution in [0.4, 0.5) is 0 Å². The highest BCUT2D eigenvalue weighted by Gasteiger charge is 2.14. The zero-order chi connectivity index (χ0) is 17.4. The van der Waals surface area contributed by atoms with Crippen LogP contribution in [0.3, 0.4) is 0 Å². The van der Waals surface area contributed by atoms with Crippen LogP contribution in [0.15, 0.2) is 21.2 Å². The Morgan fingerprint density at radius 3 is 2.79 bits per heavy atom. The largest absolute Gasteiger partial charge is 0.463 e. The summed E-state index contributed by atoms with van der Waals surface area (Å²) in [6, 6.07) is 1.59. The molecule has 0 aromatic carbocycles. The van der Waals surface area contributed by atoms with Gasteiger partial charge in [0.15, 0.2) is 17.0 Å². The van der Waals surface area contributed by atoms with Crippen molar-refractivity contribution in [1.82, 2.24) is 29.4 Å². The molecule has 0 fully saturated rings. The molecule has 0 saturated carbocycles. The summed E-state index contributed by atoms with van der Waals surface area (Å²) in [5.41, 5.74) is 0.0949. The van der Waals surface area contributed by atoms with Crippen molar-refractivity contribution in [3.05, 3.63) is 43.7 Å². The van der Waals surface area contributed by atoms with E-state index in [0.717, 1.165) is 9.03 Å². The molecule has 0 aliphatic rings. The Morgan fingerprint density at radius 2 is 2.08 bits per heavy atom. The third kappa shape index (κ3) is 2.37. The van der Waals surface area contributed by atoms with E-state index in [0.29, 0.717) is 11.2 Å². The molecule has 0 atom stereocenters. The second kappa shape index (κ2) is 5.72. The van der Waals surface area contributed by atoms with Gasteiger partial charge in [-0.1, -0.05) is 0 Å². The maximum Gasteiger partial charge on any atom is 0.363 e. The number of ether oxygens (including phenoxy) is 1.